The SMILES string of the molecule is Cc1cc(C)cc(-n2ncc(-c3ccc(S(C)(=O)=O)cc3)c(-c3ccc(F)cc3)c2=O)c1. The lowest BCUT2D eigenvalue weighted by molar-refractivity contribution is 0.602. The molecule has 0 saturated heterocycles. The van der Waals surface area contributed by atoms with Gasteiger partial charge >= 0.3 is 0 Å². The summed E-state index contributed by atoms with van der Waals surface area (Å²) in [6, 6.07) is 17.7. The first kappa shape index (κ1) is 21.6. The van der Waals surface area contributed by atoms with Crippen LogP contribution in [0, 0.1) is 19.7 Å². The van der Waals surface area contributed by atoms with Crippen LogP contribution in [0.3, 0.4) is 0 Å². The van der Waals surface area contributed by atoms with Crippen LogP contribution in [0.2, 0.25) is 0 Å². The van der Waals surface area contributed by atoms with Crippen LogP contribution in [0.15, 0.2) is 82.6 Å². The first-order valence-electron chi connectivity index (χ1n) is 9.91. The van der Waals surface area contributed by atoms with Gasteiger partial charge in [0, 0.05) is 11.8 Å². The van der Waals surface area contributed by atoms with Crippen LogP contribution in [0.5, 0.6) is 0 Å². The molecule has 0 bridgehead atoms. The van der Waals surface area contributed by atoms with E-state index in [-0.39, 0.29) is 10.5 Å². The molecule has 4 rings (SSSR count). The predicted molar refractivity (Wildman–Crippen MR) is 123 cm³/mol. The van der Waals surface area contributed by atoms with E-state index in [9.17, 15) is 17.6 Å². The van der Waals surface area contributed by atoms with E-state index in [2.05, 4.69) is 5.10 Å². The van der Waals surface area contributed by atoms with E-state index >= 15 is 0 Å². The number of rotatable bonds is 4. The Bertz CT molecular complexity index is 1450. The summed E-state index contributed by atoms with van der Waals surface area (Å²) in [6.07, 6.45) is 2.71. The maximum absolute atomic E-state index is 13.6. The zero-order valence-corrected chi connectivity index (χ0v) is 18.7. The molecule has 3 aromatic carbocycles. The van der Waals surface area contributed by atoms with Gasteiger partial charge in [-0.2, -0.15) is 9.78 Å². The third kappa shape index (κ3) is 4.24. The molecule has 5 nitrogen and oxygen atoms in total. The number of hydrogen-bond acceptors (Lipinski definition) is 4. The van der Waals surface area contributed by atoms with Crippen molar-refractivity contribution in [2.24, 2.45) is 0 Å². The lowest BCUT2D eigenvalue weighted by Gasteiger charge is -2.14. The Morgan fingerprint density at radius 2 is 1.41 bits per heavy atom. The van der Waals surface area contributed by atoms with E-state index in [0.717, 1.165) is 17.4 Å². The molecular weight excluding hydrogens is 427 g/mol. The van der Waals surface area contributed by atoms with Crippen molar-refractivity contribution in [1.29, 1.82) is 0 Å². The molecule has 1 heterocycles. The van der Waals surface area contributed by atoms with Crippen LogP contribution in [0.25, 0.3) is 27.9 Å². The molecule has 0 N–H and O–H groups in total. The highest BCUT2D eigenvalue weighted by Gasteiger charge is 2.17. The van der Waals surface area contributed by atoms with Gasteiger partial charge in [-0.25, -0.2) is 12.8 Å². The van der Waals surface area contributed by atoms with Crippen LogP contribution < -0.4 is 5.56 Å². The van der Waals surface area contributed by atoms with E-state index < -0.39 is 15.7 Å². The van der Waals surface area contributed by atoms with E-state index in [1.54, 1.807) is 30.5 Å². The van der Waals surface area contributed by atoms with Gasteiger partial charge in [-0.05, 0) is 72.5 Å². The quantitative estimate of drug-likeness (QED) is 0.453. The number of aromatic nitrogens is 2. The Morgan fingerprint density at radius 1 is 0.844 bits per heavy atom. The molecule has 0 fully saturated rings. The first-order chi connectivity index (χ1) is 15.1. The van der Waals surface area contributed by atoms with Gasteiger partial charge in [0.2, 0.25) is 0 Å². The molecule has 0 aliphatic heterocycles. The second-order valence-corrected chi connectivity index (χ2v) is 9.82. The molecular formula is C25H21FN2O3S. The fourth-order valence-electron chi connectivity index (χ4n) is 3.71. The minimum atomic E-state index is -3.35. The van der Waals surface area contributed by atoms with Gasteiger partial charge in [0.05, 0.1) is 22.3 Å². The lowest BCUT2D eigenvalue weighted by Crippen LogP contribution is -2.23. The van der Waals surface area contributed by atoms with Crippen molar-refractivity contribution in [2.45, 2.75) is 18.7 Å². The number of benzene rings is 3. The molecule has 0 aliphatic carbocycles. The Labute approximate surface area is 185 Å². The molecule has 0 radical (unpaired) electrons. The molecule has 4 aromatic rings. The zero-order chi connectivity index (χ0) is 23.0. The molecule has 0 unspecified atom stereocenters. The van der Waals surface area contributed by atoms with E-state index in [1.807, 2.05) is 32.0 Å². The average molecular weight is 449 g/mol. The summed E-state index contributed by atoms with van der Waals surface area (Å²) in [5.41, 5.74) is 4.33. The van der Waals surface area contributed by atoms with E-state index in [4.69, 9.17) is 0 Å². The second kappa shape index (κ2) is 8.16. The number of hydrogen-bond donors (Lipinski definition) is 0. The summed E-state index contributed by atoms with van der Waals surface area (Å²) in [4.78, 5) is 13.8. The topological polar surface area (TPSA) is 69.0 Å². The van der Waals surface area contributed by atoms with E-state index in [0.29, 0.717) is 27.9 Å². The highest BCUT2D eigenvalue weighted by molar-refractivity contribution is 7.90. The summed E-state index contributed by atoms with van der Waals surface area (Å²) in [7, 11) is -3.35. The van der Waals surface area contributed by atoms with Crippen LogP contribution in [-0.4, -0.2) is 24.5 Å². The summed E-state index contributed by atoms with van der Waals surface area (Å²) in [6.45, 7) is 3.89. The predicted octanol–water partition coefficient (Wildman–Crippen LogP) is 4.73. The van der Waals surface area contributed by atoms with Crippen molar-refractivity contribution in [3.8, 4) is 27.9 Å². The van der Waals surface area contributed by atoms with Gasteiger partial charge in [0.25, 0.3) is 5.56 Å². The number of aryl methyl sites for hydroxylation is 2. The van der Waals surface area contributed by atoms with Crippen LogP contribution in [0.4, 0.5) is 4.39 Å². The smallest absolute Gasteiger partial charge is 0.267 e. The van der Waals surface area contributed by atoms with Crippen molar-refractivity contribution >= 4 is 9.84 Å². The number of nitrogens with zero attached hydrogens (tertiary/aromatic N) is 2. The van der Waals surface area contributed by atoms with Crippen molar-refractivity contribution < 1.29 is 12.8 Å². The Balaban J connectivity index is 1.97. The molecule has 0 spiro atoms. The summed E-state index contributed by atoms with van der Waals surface area (Å²) >= 11 is 0. The largest absolute Gasteiger partial charge is 0.279 e. The fraction of sp³-hybridized carbons (Fsp3) is 0.120. The van der Waals surface area contributed by atoms with Gasteiger partial charge in [0.15, 0.2) is 9.84 Å². The van der Waals surface area contributed by atoms with Gasteiger partial charge < -0.3 is 0 Å². The molecule has 162 valence electrons. The minimum Gasteiger partial charge on any atom is -0.267 e. The molecule has 0 amide bonds. The van der Waals surface area contributed by atoms with Gasteiger partial charge in [0.1, 0.15) is 5.82 Å². The molecule has 32 heavy (non-hydrogen) atoms. The highest BCUT2D eigenvalue weighted by Crippen LogP contribution is 2.30. The number of halogens is 1. The summed E-state index contributed by atoms with van der Waals surface area (Å²) in [5.74, 6) is -0.406. The number of sulfone groups is 1. The van der Waals surface area contributed by atoms with Crippen molar-refractivity contribution in [3.05, 3.63) is 100 Å². The molecule has 0 aliphatic rings. The average Bonchev–Trinajstić information content (AvgIpc) is 2.73. The minimum absolute atomic E-state index is 0.182. The van der Waals surface area contributed by atoms with Crippen LogP contribution in [-0.2, 0) is 9.84 Å². The third-order valence-corrected chi connectivity index (χ3v) is 6.28. The molecule has 0 saturated carbocycles. The van der Waals surface area contributed by atoms with Crippen molar-refractivity contribution in [3.63, 3.8) is 0 Å². The molecule has 1 aromatic heterocycles. The first-order valence-corrected chi connectivity index (χ1v) is 11.8. The Kier molecular flexibility index (Phi) is 5.52. The highest BCUT2D eigenvalue weighted by atomic mass is 32.2. The molecule has 7 heteroatoms. The summed E-state index contributed by atoms with van der Waals surface area (Å²) < 4.78 is 38.5. The zero-order valence-electron chi connectivity index (χ0n) is 17.8. The summed E-state index contributed by atoms with van der Waals surface area (Å²) in [5, 5.41) is 4.39. The standard InChI is InChI=1S/C25H21FN2O3S/c1-16-12-17(2)14-21(13-16)28-25(29)24(19-4-8-20(26)9-5-19)23(15-27-28)18-6-10-22(11-7-18)32(3,30)31/h4-15H,1-3H3. The van der Waals surface area contributed by atoms with Crippen molar-refractivity contribution in [1.82, 2.24) is 9.78 Å². The maximum Gasteiger partial charge on any atom is 0.279 e. The second-order valence-electron chi connectivity index (χ2n) is 7.80. The van der Waals surface area contributed by atoms with E-state index in [1.165, 1.54) is 28.9 Å². The van der Waals surface area contributed by atoms with Crippen molar-refractivity contribution in [2.75, 3.05) is 6.26 Å². The van der Waals surface area contributed by atoms with Gasteiger partial charge in [-0.3, -0.25) is 4.79 Å². The van der Waals surface area contributed by atoms with Crippen LogP contribution >= 0.6 is 0 Å². The van der Waals surface area contributed by atoms with Crippen LogP contribution in [0.1, 0.15) is 11.1 Å². The Hall–Kier alpha value is -3.58. The van der Waals surface area contributed by atoms with Gasteiger partial charge in [-0.15, -0.1) is 0 Å². The Morgan fingerprint density at radius 3 is 1.97 bits per heavy atom. The maximum atomic E-state index is 13.6. The van der Waals surface area contributed by atoms with Gasteiger partial charge in [-0.1, -0.05) is 30.3 Å². The monoisotopic (exact) mass is 448 g/mol. The fourth-order valence-corrected chi connectivity index (χ4v) is 4.34. The third-order valence-electron chi connectivity index (χ3n) is 5.16. The lowest BCUT2D eigenvalue weighted by atomic mass is 9.97. The normalized spacial score (nSPS) is 11.5. The molecule has 0 atom stereocenters.